The fourth-order valence-electron chi connectivity index (χ4n) is 2.06. The van der Waals surface area contributed by atoms with Gasteiger partial charge in [0, 0.05) is 6.42 Å². The number of aldehydes is 1. The topological polar surface area (TPSA) is 263 Å². The molecule has 0 aromatic rings. The van der Waals surface area contributed by atoms with E-state index in [1.54, 1.807) is 0 Å². The molecule has 0 aliphatic heterocycles. The summed E-state index contributed by atoms with van der Waals surface area (Å²) in [4.78, 5) is 34.4. The minimum absolute atomic E-state index is 0.205. The Hall–Kier alpha value is -1.59. The quantitative estimate of drug-likeness (QED) is 0.0697. The third-order valence-electron chi connectivity index (χ3n) is 3.94. The number of ether oxygens (including phenoxy) is 1. The summed E-state index contributed by atoms with van der Waals surface area (Å²) >= 11 is 0. The summed E-state index contributed by atoms with van der Waals surface area (Å²) in [7, 11) is 0. The zero-order chi connectivity index (χ0) is 22.9. The highest BCUT2D eigenvalue weighted by atomic mass is 16.6. The first kappa shape index (κ1) is 27.4. The molecule has 0 bridgehead atoms. The minimum Gasteiger partial charge on any atom is -0.446 e. The van der Waals surface area contributed by atoms with Gasteiger partial charge in [0.05, 0.1) is 19.3 Å². The van der Waals surface area contributed by atoms with Crippen molar-refractivity contribution in [1.29, 1.82) is 0 Å². The zero-order valence-corrected chi connectivity index (χ0v) is 15.0. The second kappa shape index (κ2) is 12.9. The molecule has 0 spiro atoms. The molecular formula is C15H26O14. The summed E-state index contributed by atoms with van der Waals surface area (Å²) in [6.45, 7) is -1.98. The lowest BCUT2D eigenvalue weighted by atomic mass is 9.99. The van der Waals surface area contributed by atoms with Crippen LogP contribution in [0.3, 0.4) is 0 Å². The van der Waals surface area contributed by atoms with Crippen LogP contribution in [-0.2, 0) is 19.1 Å². The van der Waals surface area contributed by atoms with Crippen molar-refractivity contribution < 1.29 is 70.2 Å². The number of aliphatic hydroxyl groups is 10. The van der Waals surface area contributed by atoms with Crippen LogP contribution in [0.4, 0.5) is 0 Å². The second-order valence-electron chi connectivity index (χ2n) is 6.15. The number of rotatable bonds is 14. The number of Topliss-reactive ketones (excluding diaryl/α,β-unsaturated/α-hetero) is 1. The zero-order valence-electron chi connectivity index (χ0n) is 15.0. The monoisotopic (exact) mass is 430 g/mol. The first-order chi connectivity index (χ1) is 13.4. The number of carbonyl (C=O) groups is 3. The van der Waals surface area contributed by atoms with Crippen molar-refractivity contribution in [2.24, 2.45) is 0 Å². The fraction of sp³-hybridized carbons (Fsp3) is 0.800. The van der Waals surface area contributed by atoms with Crippen LogP contribution in [0, 0.1) is 0 Å². The van der Waals surface area contributed by atoms with Crippen molar-refractivity contribution >= 4 is 18.0 Å². The van der Waals surface area contributed by atoms with Gasteiger partial charge in [-0.2, -0.15) is 0 Å². The molecule has 0 aliphatic rings. The molecule has 0 aromatic heterocycles. The molecule has 0 fully saturated rings. The van der Waals surface area contributed by atoms with Crippen LogP contribution in [-0.4, -0.2) is 137 Å². The molecule has 0 unspecified atom stereocenters. The Morgan fingerprint density at radius 3 is 1.52 bits per heavy atom. The SMILES string of the molecule is O=C[C@@H](OC(=O)C(=O)C[C@@H](O)[C@@H](O)[C@H](O)[C@H](O)CO)[C@@H](O)[C@H](O)[C@H](O)[C@@H](O)CO. The van der Waals surface area contributed by atoms with E-state index >= 15 is 0 Å². The van der Waals surface area contributed by atoms with Gasteiger partial charge in [-0.15, -0.1) is 0 Å². The normalized spacial score (nSPS) is 21.0. The largest absolute Gasteiger partial charge is 0.446 e. The Morgan fingerprint density at radius 2 is 1.10 bits per heavy atom. The molecule has 29 heavy (non-hydrogen) atoms. The van der Waals surface area contributed by atoms with Crippen molar-refractivity contribution in [3.05, 3.63) is 0 Å². The van der Waals surface area contributed by atoms with E-state index < -0.39 is 86.3 Å². The number of aliphatic hydroxyl groups excluding tert-OH is 10. The third kappa shape index (κ3) is 7.98. The Morgan fingerprint density at radius 1 is 0.690 bits per heavy atom. The second-order valence-corrected chi connectivity index (χ2v) is 6.15. The predicted octanol–water partition coefficient (Wildman–Crippen LogP) is -7.07. The van der Waals surface area contributed by atoms with Gasteiger partial charge in [-0.1, -0.05) is 0 Å². The first-order valence-corrected chi connectivity index (χ1v) is 8.28. The number of ketones is 1. The standard InChI is InChI=1S/C15H26O14/c16-2-7(21)11(24)10(23)5(19)1-6(20)15(28)29-9(4-18)13(26)14(27)12(25)8(22)3-17/h4-5,7-14,16-17,19,21-27H,1-3H2/t5-,7-,8+,9-,10-,11-,12-,13-,14-/m1/s1. The number of esters is 1. The maximum absolute atomic E-state index is 11.7. The summed E-state index contributed by atoms with van der Waals surface area (Å²) in [6, 6.07) is 0. The Balaban J connectivity index is 4.93. The van der Waals surface area contributed by atoms with Crippen molar-refractivity contribution in [3.63, 3.8) is 0 Å². The predicted molar refractivity (Wildman–Crippen MR) is 87.8 cm³/mol. The molecule has 9 atom stereocenters. The van der Waals surface area contributed by atoms with Crippen LogP contribution in [0.25, 0.3) is 0 Å². The van der Waals surface area contributed by atoms with Crippen molar-refractivity contribution in [2.45, 2.75) is 61.4 Å². The molecule has 0 rings (SSSR count). The molecule has 0 aliphatic carbocycles. The van der Waals surface area contributed by atoms with Gasteiger partial charge in [-0.25, -0.2) is 4.79 Å². The lowest BCUT2D eigenvalue weighted by Gasteiger charge is -2.28. The van der Waals surface area contributed by atoms with Gasteiger partial charge in [-0.05, 0) is 0 Å². The third-order valence-corrected chi connectivity index (χ3v) is 3.94. The molecule has 0 heterocycles. The van der Waals surface area contributed by atoms with E-state index in [0.717, 1.165) is 0 Å². The molecule has 0 aromatic carbocycles. The highest BCUT2D eigenvalue weighted by molar-refractivity contribution is 6.33. The van der Waals surface area contributed by atoms with Gasteiger partial charge in [0.1, 0.15) is 42.7 Å². The summed E-state index contributed by atoms with van der Waals surface area (Å²) in [6.07, 6.45) is -20.3. The molecule has 170 valence electrons. The van der Waals surface area contributed by atoms with Crippen LogP contribution >= 0.6 is 0 Å². The molecular weight excluding hydrogens is 404 g/mol. The number of carbonyl (C=O) groups excluding carboxylic acids is 3. The van der Waals surface area contributed by atoms with E-state index in [1.807, 2.05) is 0 Å². The molecule has 10 N–H and O–H groups in total. The molecule has 14 nitrogen and oxygen atoms in total. The molecule has 0 amide bonds. The lowest BCUT2D eigenvalue weighted by Crippen LogP contribution is -2.52. The van der Waals surface area contributed by atoms with E-state index in [4.69, 9.17) is 15.3 Å². The highest BCUT2D eigenvalue weighted by Gasteiger charge is 2.38. The van der Waals surface area contributed by atoms with Gasteiger partial charge in [-0.3, -0.25) is 9.59 Å². The first-order valence-electron chi connectivity index (χ1n) is 8.28. The van der Waals surface area contributed by atoms with E-state index in [0.29, 0.717) is 0 Å². The Bertz CT molecular complexity index is 527. The fourth-order valence-corrected chi connectivity index (χ4v) is 2.06. The van der Waals surface area contributed by atoms with Crippen molar-refractivity contribution in [2.75, 3.05) is 13.2 Å². The molecule has 0 saturated carbocycles. The van der Waals surface area contributed by atoms with Gasteiger partial charge < -0.3 is 55.8 Å². The smallest absolute Gasteiger partial charge is 0.375 e. The summed E-state index contributed by atoms with van der Waals surface area (Å²) in [5, 5.41) is 93.2. The van der Waals surface area contributed by atoms with E-state index in [9.17, 15) is 50.1 Å². The van der Waals surface area contributed by atoms with Crippen molar-refractivity contribution in [1.82, 2.24) is 0 Å². The Kier molecular flexibility index (Phi) is 12.2. The van der Waals surface area contributed by atoms with Crippen LogP contribution in [0.15, 0.2) is 0 Å². The summed E-state index contributed by atoms with van der Waals surface area (Å²) in [5.41, 5.74) is 0. The highest BCUT2D eigenvalue weighted by Crippen LogP contribution is 2.12. The molecule has 14 heteroatoms. The van der Waals surface area contributed by atoms with Crippen LogP contribution in [0.2, 0.25) is 0 Å². The van der Waals surface area contributed by atoms with Gasteiger partial charge >= 0.3 is 5.97 Å². The maximum atomic E-state index is 11.7. The number of hydrogen-bond acceptors (Lipinski definition) is 14. The average Bonchev–Trinajstić information content (AvgIpc) is 2.72. The van der Waals surface area contributed by atoms with Gasteiger partial charge in [0.15, 0.2) is 12.4 Å². The maximum Gasteiger partial charge on any atom is 0.375 e. The van der Waals surface area contributed by atoms with Crippen LogP contribution in [0.1, 0.15) is 6.42 Å². The van der Waals surface area contributed by atoms with Crippen LogP contribution < -0.4 is 0 Å². The molecule has 0 radical (unpaired) electrons. The minimum atomic E-state index is -2.31. The van der Waals surface area contributed by atoms with Crippen molar-refractivity contribution in [3.8, 4) is 0 Å². The van der Waals surface area contributed by atoms with E-state index in [-0.39, 0.29) is 6.29 Å². The molecule has 0 saturated heterocycles. The number of hydrogen-bond donors (Lipinski definition) is 10. The van der Waals surface area contributed by atoms with Gasteiger partial charge in [0.25, 0.3) is 0 Å². The average molecular weight is 430 g/mol. The summed E-state index contributed by atoms with van der Waals surface area (Å²) in [5.74, 6) is -3.33. The van der Waals surface area contributed by atoms with Gasteiger partial charge in [0.2, 0.25) is 5.78 Å². The Labute approximate surface area is 163 Å². The van der Waals surface area contributed by atoms with E-state index in [2.05, 4.69) is 4.74 Å². The van der Waals surface area contributed by atoms with E-state index in [1.165, 1.54) is 0 Å². The lowest BCUT2D eigenvalue weighted by molar-refractivity contribution is -0.176. The summed E-state index contributed by atoms with van der Waals surface area (Å²) < 4.78 is 4.35. The van der Waals surface area contributed by atoms with Crippen LogP contribution in [0.5, 0.6) is 0 Å².